The third-order valence-corrected chi connectivity index (χ3v) is 2.98. The molecule has 1 rings (SSSR count). The molecule has 84 valence electrons. The largest absolute Gasteiger partial charge is 0.393 e. The van der Waals surface area contributed by atoms with E-state index in [1.54, 1.807) is 0 Å². The monoisotopic (exact) mass is 200 g/mol. The molecule has 2 N–H and O–H groups in total. The fourth-order valence-electron chi connectivity index (χ4n) is 1.96. The number of aliphatic hydroxyl groups is 1. The molecule has 0 bridgehead atoms. The molecule has 14 heavy (non-hydrogen) atoms. The summed E-state index contributed by atoms with van der Waals surface area (Å²) in [5.74, 6) is 0.440. The number of hydrogen-bond donors (Lipinski definition) is 2. The van der Waals surface area contributed by atoms with Gasteiger partial charge in [-0.25, -0.2) is 0 Å². The summed E-state index contributed by atoms with van der Waals surface area (Å²) in [5.41, 5.74) is 0. The van der Waals surface area contributed by atoms with Crippen LogP contribution in [0.2, 0.25) is 0 Å². The summed E-state index contributed by atoms with van der Waals surface area (Å²) in [6, 6.07) is 0. The number of aliphatic hydroxyl groups excluding tert-OH is 1. The number of nitrogens with one attached hydrogen (secondary N) is 1. The minimum absolute atomic E-state index is 0.0742. The van der Waals surface area contributed by atoms with Crippen LogP contribution in [-0.4, -0.2) is 48.8 Å². The Balaban J connectivity index is 2.07. The molecule has 1 fully saturated rings. The molecule has 0 aromatic heterocycles. The second-order valence-corrected chi connectivity index (χ2v) is 4.38. The molecule has 0 saturated carbocycles. The van der Waals surface area contributed by atoms with Crippen LogP contribution in [0.4, 0.5) is 0 Å². The topological polar surface area (TPSA) is 35.5 Å². The van der Waals surface area contributed by atoms with Gasteiger partial charge in [0.15, 0.2) is 0 Å². The van der Waals surface area contributed by atoms with E-state index in [4.69, 9.17) is 0 Å². The first-order valence-electron chi connectivity index (χ1n) is 5.85. The normalized spacial score (nSPS) is 29.4. The van der Waals surface area contributed by atoms with Crippen LogP contribution < -0.4 is 5.32 Å². The minimum Gasteiger partial charge on any atom is -0.393 e. The molecule has 0 radical (unpaired) electrons. The van der Waals surface area contributed by atoms with Gasteiger partial charge in [-0.15, -0.1) is 0 Å². The Bertz CT molecular complexity index is 152. The lowest BCUT2D eigenvalue weighted by Crippen LogP contribution is -2.44. The molecule has 1 aliphatic rings. The maximum absolute atomic E-state index is 9.56. The summed E-state index contributed by atoms with van der Waals surface area (Å²) in [6.45, 7) is 9.75. The van der Waals surface area contributed by atoms with Crippen molar-refractivity contribution in [3.8, 4) is 0 Å². The number of hydrogen-bond acceptors (Lipinski definition) is 3. The quantitative estimate of drug-likeness (QED) is 0.641. The second kappa shape index (κ2) is 6.38. The van der Waals surface area contributed by atoms with Crippen LogP contribution in [0.5, 0.6) is 0 Å². The lowest BCUT2D eigenvalue weighted by Gasteiger charge is -2.34. The molecular formula is C11H24N2O. The second-order valence-electron chi connectivity index (χ2n) is 4.38. The molecule has 0 spiro atoms. The smallest absolute Gasteiger partial charge is 0.0590 e. The highest BCUT2D eigenvalue weighted by Gasteiger charge is 2.23. The van der Waals surface area contributed by atoms with Crippen LogP contribution in [-0.2, 0) is 0 Å². The Kier molecular flexibility index (Phi) is 5.45. The van der Waals surface area contributed by atoms with Crippen molar-refractivity contribution in [2.75, 3.05) is 32.7 Å². The lowest BCUT2D eigenvalue weighted by molar-refractivity contribution is 0.0356. The molecular weight excluding hydrogens is 176 g/mol. The van der Waals surface area contributed by atoms with E-state index in [-0.39, 0.29) is 6.10 Å². The van der Waals surface area contributed by atoms with Crippen LogP contribution in [0, 0.1) is 5.92 Å². The van der Waals surface area contributed by atoms with Crippen molar-refractivity contribution >= 4 is 0 Å². The highest BCUT2D eigenvalue weighted by molar-refractivity contribution is 4.77. The highest BCUT2D eigenvalue weighted by Crippen LogP contribution is 2.15. The minimum atomic E-state index is -0.0742. The van der Waals surface area contributed by atoms with Gasteiger partial charge in [-0.3, -0.25) is 0 Å². The molecule has 0 aromatic carbocycles. The Hall–Kier alpha value is -0.120. The van der Waals surface area contributed by atoms with Crippen LogP contribution >= 0.6 is 0 Å². The standard InChI is InChI=1S/C11H24N2O/c1-3-5-12-6-8-13-7-4-11(14)10(2)9-13/h10-12,14H,3-9H2,1-2H3. The summed E-state index contributed by atoms with van der Waals surface area (Å²) in [4.78, 5) is 2.44. The molecule has 1 saturated heterocycles. The summed E-state index contributed by atoms with van der Waals surface area (Å²) < 4.78 is 0. The maximum Gasteiger partial charge on any atom is 0.0590 e. The van der Waals surface area contributed by atoms with E-state index in [0.717, 1.165) is 39.1 Å². The first-order chi connectivity index (χ1) is 6.74. The van der Waals surface area contributed by atoms with Crippen molar-refractivity contribution in [3.63, 3.8) is 0 Å². The Morgan fingerprint density at radius 3 is 2.86 bits per heavy atom. The van der Waals surface area contributed by atoms with Gasteiger partial charge in [0, 0.05) is 26.2 Å². The molecule has 3 heteroatoms. The van der Waals surface area contributed by atoms with E-state index in [1.165, 1.54) is 6.42 Å². The van der Waals surface area contributed by atoms with Gasteiger partial charge in [0.1, 0.15) is 0 Å². The Morgan fingerprint density at radius 2 is 2.21 bits per heavy atom. The van der Waals surface area contributed by atoms with Crippen molar-refractivity contribution in [3.05, 3.63) is 0 Å². The zero-order chi connectivity index (χ0) is 10.4. The Labute approximate surface area is 87.5 Å². The van der Waals surface area contributed by atoms with Gasteiger partial charge in [0.2, 0.25) is 0 Å². The molecule has 2 atom stereocenters. The fourth-order valence-corrected chi connectivity index (χ4v) is 1.96. The summed E-state index contributed by atoms with van der Waals surface area (Å²) in [7, 11) is 0. The van der Waals surface area contributed by atoms with E-state index in [1.807, 2.05) is 0 Å². The first kappa shape index (κ1) is 12.0. The number of piperidine rings is 1. The van der Waals surface area contributed by atoms with E-state index in [0.29, 0.717) is 5.92 Å². The van der Waals surface area contributed by atoms with Crippen LogP contribution in [0.3, 0.4) is 0 Å². The molecule has 2 unspecified atom stereocenters. The number of nitrogens with zero attached hydrogens (tertiary/aromatic N) is 1. The van der Waals surface area contributed by atoms with E-state index < -0.39 is 0 Å². The van der Waals surface area contributed by atoms with Crippen LogP contribution in [0.1, 0.15) is 26.7 Å². The van der Waals surface area contributed by atoms with Gasteiger partial charge >= 0.3 is 0 Å². The van der Waals surface area contributed by atoms with Crippen molar-refractivity contribution in [2.45, 2.75) is 32.8 Å². The van der Waals surface area contributed by atoms with Crippen LogP contribution in [0.25, 0.3) is 0 Å². The van der Waals surface area contributed by atoms with Crippen molar-refractivity contribution in [2.24, 2.45) is 5.92 Å². The summed E-state index contributed by atoms with van der Waals surface area (Å²) in [6.07, 6.45) is 2.07. The summed E-state index contributed by atoms with van der Waals surface area (Å²) >= 11 is 0. The zero-order valence-electron chi connectivity index (χ0n) is 9.50. The predicted molar refractivity (Wildman–Crippen MR) is 59.4 cm³/mol. The van der Waals surface area contributed by atoms with Crippen molar-refractivity contribution < 1.29 is 5.11 Å². The van der Waals surface area contributed by atoms with Gasteiger partial charge in [0.05, 0.1) is 6.10 Å². The molecule has 3 nitrogen and oxygen atoms in total. The maximum atomic E-state index is 9.56. The van der Waals surface area contributed by atoms with Gasteiger partial charge < -0.3 is 15.3 Å². The van der Waals surface area contributed by atoms with Crippen molar-refractivity contribution in [1.29, 1.82) is 0 Å². The first-order valence-corrected chi connectivity index (χ1v) is 5.85. The lowest BCUT2D eigenvalue weighted by atomic mass is 9.97. The SMILES string of the molecule is CCCNCCN1CCC(O)C(C)C1. The van der Waals surface area contributed by atoms with Gasteiger partial charge in [-0.2, -0.15) is 0 Å². The van der Waals surface area contributed by atoms with Gasteiger partial charge in [-0.1, -0.05) is 13.8 Å². The fraction of sp³-hybridized carbons (Fsp3) is 1.00. The van der Waals surface area contributed by atoms with E-state index in [2.05, 4.69) is 24.1 Å². The zero-order valence-corrected chi connectivity index (χ0v) is 9.50. The third-order valence-electron chi connectivity index (χ3n) is 2.98. The molecule has 0 aromatic rings. The van der Waals surface area contributed by atoms with Gasteiger partial charge in [0.25, 0.3) is 0 Å². The molecule has 0 amide bonds. The van der Waals surface area contributed by atoms with E-state index >= 15 is 0 Å². The number of rotatable bonds is 5. The summed E-state index contributed by atoms with van der Waals surface area (Å²) in [5, 5.41) is 13.0. The molecule has 0 aliphatic carbocycles. The number of likely N-dealkylation sites (tertiary alicyclic amines) is 1. The Morgan fingerprint density at radius 1 is 1.43 bits per heavy atom. The highest BCUT2D eigenvalue weighted by atomic mass is 16.3. The molecule has 1 aliphatic heterocycles. The van der Waals surface area contributed by atoms with Gasteiger partial charge in [-0.05, 0) is 25.3 Å². The van der Waals surface area contributed by atoms with E-state index in [9.17, 15) is 5.11 Å². The predicted octanol–water partition coefficient (Wildman–Crippen LogP) is 0.689. The van der Waals surface area contributed by atoms with Crippen molar-refractivity contribution in [1.82, 2.24) is 10.2 Å². The average Bonchev–Trinajstić information content (AvgIpc) is 2.18. The third kappa shape index (κ3) is 3.95. The van der Waals surface area contributed by atoms with Crippen LogP contribution in [0.15, 0.2) is 0 Å². The molecule has 1 heterocycles. The average molecular weight is 200 g/mol.